The fraction of sp³-hybridized carbons (Fsp3) is 0.586. The standard InChI is InChI=1S/C29H41N7O3/c1-29(2)18-36(21-10-6-7-11-21)25-23(35(4)27(29)38)16-30-28(33-25)32-22-13-12-19(15-24(22)39-5)26(37)31-20-9-8-14-34(3)17-20/h12-13,15-16,20-21H,6-11,14,17-18H2,1-5H3,(H,31,37)(H,30,32,33)/t20-/m0/s1. The van der Waals surface area contributed by atoms with Gasteiger partial charge in [-0.2, -0.15) is 4.98 Å². The summed E-state index contributed by atoms with van der Waals surface area (Å²) in [6.07, 6.45) is 8.34. The molecule has 2 aromatic rings. The molecular formula is C29H41N7O3. The smallest absolute Gasteiger partial charge is 0.251 e. The average molecular weight is 536 g/mol. The van der Waals surface area contributed by atoms with Crippen molar-refractivity contribution < 1.29 is 14.3 Å². The van der Waals surface area contributed by atoms with Gasteiger partial charge in [-0.15, -0.1) is 0 Å². The molecule has 1 saturated carbocycles. The number of benzene rings is 1. The van der Waals surface area contributed by atoms with E-state index < -0.39 is 5.41 Å². The molecule has 3 aliphatic rings. The van der Waals surface area contributed by atoms with Crippen LogP contribution in [-0.2, 0) is 4.79 Å². The number of amides is 2. The summed E-state index contributed by atoms with van der Waals surface area (Å²) < 4.78 is 5.64. The summed E-state index contributed by atoms with van der Waals surface area (Å²) in [6, 6.07) is 5.85. The van der Waals surface area contributed by atoms with Crippen molar-refractivity contribution in [3.8, 4) is 5.75 Å². The first-order valence-corrected chi connectivity index (χ1v) is 14.0. The van der Waals surface area contributed by atoms with Crippen molar-refractivity contribution in [3.05, 3.63) is 30.0 Å². The minimum atomic E-state index is -0.543. The molecule has 210 valence electrons. The van der Waals surface area contributed by atoms with Gasteiger partial charge in [0.2, 0.25) is 11.9 Å². The summed E-state index contributed by atoms with van der Waals surface area (Å²) in [5.41, 5.74) is 1.38. The predicted octanol–water partition coefficient (Wildman–Crippen LogP) is 3.80. The van der Waals surface area contributed by atoms with Gasteiger partial charge in [-0.25, -0.2) is 4.98 Å². The molecule has 0 bridgehead atoms. The van der Waals surface area contributed by atoms with Crippen LogP contribution in [0.1, 0.15) is 62.7 Å². The number of anilines is 4. The molecule has 3 heterocycles. The topological polar surface area (TPSA) is 103 Å². The molecule has 1 aliphatic carbocycles. The molecule has 0 unspecified atom stereocenters. The summed E-state index contributed by atoms with van der Waals surface area (Å²) in [6.45, 7) is 6.53. The second-order valence-electron chi connectivity index (χ2n) is 11.8. The van der Waals surface area contributed by atoms with Gasteiger partial charge in [0.25, 0.3) is 5.91 Å². The number of carbonyl (C=O) groups excluding carboxylic acids is 2. The maximum Gasteiger partial charge on any atom is 0.251 e. The molecule has 1 aromatic carbocycles. The number of hydrogen-bond donors (Lipinski definition) is 2. The van der Waals surface area contributed by atoms with Gasteiger partial charge < -0.3 is 30.1 Å². The van der Waals surface area contributed by atoms with E-state index in [1.807, 2.05) is 19.9 Å². The number of methoxy groups -OCH3 is 1. The second-order valence-corrected chi connectivity index (χ2v) is 11.8. The van der Waals surface area contributed by atoms with E-state index in [-0.39, 0.29) is 17.9 Å². The lowest BCUT2D eigenvalue weighted by molar-refractivity contribution is -0.125. The van der Waals surface area contributed by atoms with Crippen molar-refractivity contribution in [2.24, 2.45) is 5.41 Å². The van der Waals surface area contributed by atoms with Crippen molar-refractivity contribution in [3.63, 3.8) is 0 Å². The number of hydrogen-bond acceptors (Lipinski definition) is 8. The zero-order valence-electron chi connectivity index (χ0n) is 23.8. The SMILES string of the molecule is COc1cc(C(=O)N[C@H]2CCCN(C)C2)ccc1Nc1ncc2c(n1)N(C1CCCC1)CC(C)(C)C(=O)N2C. The van der Waals surface area contributed by atoms with E-state index in [1.165, 1.54) is 12.8 Å². The number of rotatable bonds is 6. The van der Waals surface area contributed by atoms with E-state index in [9.17, 15) is 9.59 Å². The number of nitrogens with zero attached hydrogens (tertiary/aromatic N) is 5. The minimum Gasteiger partial charge on any atom is -0.495 e. The first-order valence-electron chi connectivity index (χ1n) is 14.0. The highest BCUT2D eigenvalue weighted by Gasteiger charge is 2.41. The predicted molar refractivity (Wildman–Crippen MR) is 153 cm³/mol. The van der Waals surface area contributed by atoms with Crippen LogP contribution in [0, 0.1) is 5.41 Å². The quantitative estimate of drug-likeness (QED) is 0.576. The van der Waals surface area contributed by atoms with E-state index in [1.54, 1.807) is 37.4 Å². The molecule has 2 amide bonds. The van der Waals surface area contributed by atoms with Gasteiger partial charge in [0.05, 0.1) is 24.4 Å². The molecular weight excluding hydrogens is 494 g/mol. The van der Waals surface area contributed by atoms with Crippen LogP contribution in [-0.4, -0.2) is 79.6 Å². The molecule has 5 rings (SSSR count). The Labute approximate surface area is 231 Å². The highest BCUT2D eigenvalue weighted by Crippen LogP contribution is 2.40. The molecule has 2 N–H and O–H groups in total. The van der Waals surface area contributed by atoms with Gasteiger partial charge in [-0.05, 0) is 71.3 Å². The number of nitrogens with one attached hydrogen (secondary N) is 2. The third-order valence-corrected chi connectivity index (χ3v) is 8.27. The van der Waals surface area contributed by atoms with Crippen LogP contribution in [0.25, 0.3) is 0 Å². The van der Waals surface area contributed by atoms with Crippen LogP contribution < -0.4 is 25.2 Å². The Bertz CT molecular complexity index is 1230. The van der Waals surface area contributed by atoms with Gasteiger partial charge in [-0.3, -0.25) is 9.59 Å². The van der Waals surface area contributed by atoms with E-state index in [0.29, 0.717) is 35.5 Å². The molecule has 39 heavy (non-hydrogen) atoms. The summed E-state index contributed by atoms with van der Waals surface area (Å²) in [7, 11) is 5.46. The van der Waals surface area contributed by atoms with Crippen LogP contribution in [0.2, 0.25) is 0 Å². The van der Waals surface area contributed by atoms with Crippen molar-refractivity contribution in [1.29, 1.82) is 0 Å². The molecule has 0 spiro atoms. The average Bonchev–Trinajstić information content (AvgIpc) is 3.44. The van der Waals surface area contributed by atoms with Crippen LogP contribution in [0.15, 0.2) is 24.4 Å². The molecule has 2 aliphatic heterocycles. The minimum absolute atomic E-state index is 0.0592. The zero-order chi connectivity index (χ0) is 27.7. The number of likely N-dealkylation sites (N-methyl/N-ethyl adjacent to an activating group) is 1. The fourth-order valence-corrected chi connectivity index (χ4v) is 6.13. The maximum atomic E-state index is 13.3. The summed E-state index contributed by atoms with van der Waals surface area (Å²) in [5, 5.41) is 6.44. The van der Waals surface area contributed by atoms with Gasteiger partial charge in [0.1, 0.15) is 11.4 Å². The number of likely N-dealkylation sites (tertiary alicyclic amines) is 1. The van der Waals surface area contributed by atoms with Crippen LogP contribution in [0.3, 0.4) is 0 Å². The summed E-state index contributed by atoms with van der Waals surface area (Å²) >= 11 is 0. The van der Waals surface area contributed by atoms with E-state index >= 15 is 0 Å². The molecule has 10 heteroatoms. The molecule has 1 atom stereocenters. The number of fused-ring (bicyclic) bond motifs is 1. The fourth-order valence-electron chi connectivity index (χ4n) is 6.13. The van der Waals surface area contributed by atoms with Gasteiger partial charge >= 0.3 is 0 Å². The number of ether oxygens (including phenoxy) is 1. The Balaban J connectivity index is 1.40. The lowest BCUT2D eigenvalue weighted by atomic mass is 9.91. The third-order valence-electron chi connectivity index (χ3n) is 8.27. The molecule has 1 aromatic heterocycles. The Morgan fingerprint density at radius 1 is 1.13 bits per heavy atom. The van der Waals surface area contributed by atoms with E-state index in [4.69, 9.17) is 9.72 Å². The zero-order valence-corrected chi connectivity index (χ0v) is 23.8. The number of piperidine rings is 1. The lowest BCUT2D eigenvalue weighted by Crippen LogP contribution is -2.46. The van der Waals surface area contributed by atoms with Crippen molar-refractivity contribution >= 4 is 35.0 Å². The largest absolute Gasteiger partial charge is 0.495 e. The van der Waals surface area contributed by atoms with Gasteiger partial charge in [0, 0.05) is 37.8 Å². The first-order chi connectivity index (χ1) is 18.7. The highest BCUT2D eigenvalue weighted by atomic mass is 16.5. The maximum absolute atomic E-state index is 13.3. The van der Waals surface area contributed by atoms with Crippen molar-refractivity contribution in [1.82, 2.24) is 20.2 Å². The first kappa shape index (κ1) is 27.2. The monoisotopic (exact) mass is 535 g/mol. The molecule has 2 fully saturated rings. The summed E-state index contributed by atoms with van der Waals surface area (Å²) in [5.74, 6) is 1.67. The molecule has 0 radical (unpaired) electrons. The molecule has 10 nitrogen and oxygen atoms in total. The van der Waals surface area contributed by atoms with E-state index in [0.717, 1.165) is 50.3 Å². The Kier molecular flexibility index (Phi) is 7.66. The van der Waals surface area contributed by atoms with Crippen molar-refractivity contribution in [2.75, 3.05) is 56.0 Å². The summed E-state index contributed by atoms with van der Waals surface area (Å²) in [4.78, 5) is 41.9. The number of carbonyl (C=O) groups is 2. The van der Waals surface area contributed by atoms with Crippen LogP contribution in [0.5, 0.6) is 5.75 Å². The van der Waals surface area contributed by atoms with Crippen LogP contribution >= 0.6 is 0 Å². The Hall–Kier alpha value is -3.40. The lowest BCUT2D eigenvalue weighted by Gasteiger charge is -2.34. The van der Waals surface area contributed by atoms with Gasteiger partial charge in [-0.1, -0.05) is 12.8 Å². The van der Waals surface area contributed by atoms with Gasteiger partial charge in [0.15, 0.2) is 5.82 Å². The Morgan fingerprint density at radius 2 is 1.90 bits per heavy atom. The van der Waals surface area contributed by atoms with E-state index in [2.05, 4.69) is 32.5 Å². The second kappa shape index (κ2) is 11.0. The van der Waals surface area contributed by atoms with Crippen LogP contribution in [0.4, 0.5) is 23.1 Å². The number of aromatic nitrogens is 2. The van der Waals surface area contributed by atoms with Crippen molar-refractivity contribution in [2.45, 2.75) is 64.5 Å². The molecule has 1 saturated heterocycles. The third kappa shape index (κ3) is 5.66. The Morgan fingerprint density at radius 3 is 2.62 bits per heavy atom. The normalized spacial score (nSPS) is 21.9. The highest BCUT2D eigenvalue weighted by molar-refractivity contribution is 6.01.